The van der Waals surface area contributed by atoms with Crippen LogP contribution in [-0.2, 0) is 15.1 Å². The molecule has 1 aliphatic rings. The maximum Gasteiger partial charge on any atom is 0.325 e. The largest absolute Gasteiger partial charge is 0.325 e. The molecule has 154 valence electrons. The molecule has 0 aliphatic carbocycles. The van der Waals surface area contributed by atoms with E-state index in [4.69, 9.17) is 16.9 Å². The van der Waals surface area contributed by atoms with Crippen LogP contribution in [0.25, 0.3) is 0 Å². The molecule has 0 spiro atoms. The van der Waals surface area contributed by atoms with E-state index in [2.05, 4.69) is 10.6 Å². The van der Waals surface area contributed by atoms with Gasteiger partial charge in [-0.15, -0.1) is 0 Å². The van der Waals surface area contributed by atoms with Gasteiger partial charge >= 0.3 is 6.03 Å². The fourth-order valence-electron chi connectivity index (χ4n) is 3.47. The van der Waals surface area contributed by atoms with Crippen LogP contribution in [-0.4, -0.2) is 29.3 Å². The molecule has 2 aromatic rings. The van der Waals surface area contributed by atoms with E-state index in [9.17, 15) is 14.4 Å². The average Bonchev–Trinajstić information content (AvgIpc) is 2.98. The lowest BCUT2D eigenvalue weighted by atomic mass is 9.85. The predicted octanol–water partition coefficient (Wildman–Crippen LogP) is 3.79. The highest BCUT2D eigenvalue weighted by Gasteiger charge is 2.52. The fraction of sp³-hybridized carbons (Fsp3) is 0.273. The molecular formula is C22H21ClN4O3. The number of halogens is 1. The van der Waals surface area contributed by atoms with Crippen LogP contribution in [0.4, 0.5) is 10.5 Å². The summed E-state index contributed by atoms with van der Waals surface area (Å²) in [7, 11) is 0. The second-order valence-electron chi connectivity index (χ2n) is 7.05. The van der Waals surface area contributed by atoms with Crippen molar-refractivity contribution in [3.05, 3.63) is 64.7 Å². The standard InChI is InChI=1S/C22H21ClN4O3/c1-2-3-11-22(16-7-5-4-6-8-16)20(29)27(21(30)26-22)14-19(28)25-17-10-9-15(13-24)18(23)12-17/h4-10,12H,2-3,11,14H2,1H3,(H,25,28)(H,26,30). The Morgan fingerprint density at radius 3 is 2.60 bits per heavy atom. The number of hydrogen-bond donors (Lipinski definition) is 2. The third-order valence-electron chi connectivity index (χ3n) is 5.02. The van der Waals surface area contributed by atoms with Crippen molar-refractivity contribution in [1.82, 2.24) is 10.2 Å². The van der Waals surface area contributed by atoms with Gasteiger partial charge in [-0.2, -0.15) is 5.26 Å². The first-order valence-electron chi connectivity index (χ1n) is 9.60. The van der Waals surface area contributed by atoms with Gasteiger partial charge < -0.3 is 10.6 Å². The van der Waals surface area contributed by atoms with Crippen LogP contribution in [0.1, 0.15) is 37.3 Å². The van der Waals surface area contributed by atoms with Gasteiger partial charge in [0, 0.05) is 5.69 Å². The molecule has 0 aromatic heterocycles. The van der Waals surface area contributed by atoms with Gasteiger partial charge in [0.15, 0.2) is 0 Å². The first-order chi connectivity index (χ1) is 14.4. The molecule has 2 N–H and O–H groups in total. The Labute approximate surface area is 179 Å². The molecule has 3 rings (SSSR count). The van der Waals surface area contributed by atoms with Crippen molar-refractivity contribution >= 4 is 35.1 Å². The summed E-state index contributed by atoms with van der Waals surface area (Å²) < 4.78 is 0. The summed E-state index contributed by atoms with van der Waals surface area (Å²) >= 11 is 5.98. The summed E-state index contributed by atoms with van der Waals surface area (Å²) in [6.07, 6.45) is 2.05. The second kappa shape index (κ2) is 8.97. The summed E-state index contributed by atoms with van der Waals surface area (Å²) in [6.45, 7) is 1.58. The highest BCUT2D eigenvalue weighted by molar-refractivity contribution is 6.32. The Morgan fingerprint density at radius 2 is 1.97 bits per heavy atom. The van der Waals surface area contributed by atoms with Crippen molar-refractivity contribution in [2.75, 3.05) is 11.9 Å². The normalized spacial score (nSPS) is 18.1. The van der Waals surface area contributed by atoms with Crippen LogP contribution in [0.15, 0.2) is 48.5 Å². The fourth-order valence-corrected chi connectivity index (χ4v) is 3.69. The molecule has 0 bridgehead atoms. The Bertz CT molecular complexity index is 1020. The quantitative estimate of drug-likeness (QED) is 0.660. The third kappa shape index (κ3) is 4.14. The summed E-state index contributed by atoms with van der Waals surface area (Å²) in [5, 5.41) is 14.6. The minimum Gasteiger partial charge on any atom is -0.324 e. The summed E-state index contributed by atoms with van der Waals surface area (Å²) in [5.41, 5.74) is 0.175. The van der Waals surface area contributed by atoms with Crippen LogP contribution in [0, 0.1) is 11.3 Å². The van der Waals surface area contributed by atoms with Crippen LogP contribution in [0.5, 0.6) is 0 Å². The molecule has 8 heteroatoms. The van der Waals surface area contributed by atoms with Crippen molar-refractivity contribution in [1.29, 1.82) is 5.26 Å². The molecule has 0 radical (unpaired) electrons. The number of imide groups is 1. The Kier molecular flexibility index (Phi) is 6.38. The summed E-state index contributed by atoms with van der Waals surface area (Å²) in [4.78, 5) is 39.3. The number of unbranched alkanes of at least 4 members (excludes halogenated alkanes) is 1. The lowest BCUT2D eigenvalue weighted by Gasteiger charge is -2.27. The maximum absolute atomic E-state index is 13.3. The predicted molar refractivity (Wildman–Crippen MR) is 113 cm³/mol. The average molecular weight is 425 g/mol. The number of amides is 4. The molecule has 1 atom stereocenters. The lowest BCUT2D eigenvalue weighted by Crippen LogP contribution is -2.44. The summed E-state index contributed by atoms with van der Waals surface area (Å²) in [6, 6.07) is 14.9. The van der Waals surface area contributed by atoms with Gasteiger partial charge in [0.25, 0.3) is 5.91 Å². The number of anilines is 1. The van der Waals surface area contributed by atoms with E-state index in [1.165, 1.54) is 18.2 Å². The van der Waals surface area contributed by atoms with E-state index in [0.29, 0.717) is 17.7 Å². The minimum absolute atomic E-state index is 0.202. The Morgan fingerprint density at radius 1 is 1.23 bits per heavy atom. The van der Waals surface area contributed by atoms with Crippen molar-refractivity contribution < 1.29 is 14.4 Å². The number of nitriles is 1. The van der Waals surface area contributed by atoms with Gasteiger partial charge in [-0.1, -0.05) is 61.7 Å². The minimum atomic E-state index is -1.17. The van der Waals surface area contributed by atoms with Gasteiger partial charge in [0.1, 0.15) is 18.2 Å². The zero-order valence-corrected chi connectivity index (χ0v) is 17.2. The van der Waals surface area contributed by atoms with Gasteiger partial charge in [-0.05, 0) is 30.2 Å². The van der Waals surface area contributed by atoms with Crippen molar-refractivity contribution in [3.63, 3.8) is 0 Å². The third-order valence-corrected chi connectivity index (χ3v) is 5.34. The van der Waals surface area contributed by atoms with Crippen molar-refractivity contribution in [2.45, 2.75) is 31.7 Å². The first-order valence-corrected chi connectivity index (χ1v) is 9.98. The molecule has 1 heterocycles. The number of hydrogen-bond acceptors (Lipinski definition) is 4. The maximum atomic E-state index is 13.3. The molecule has 1 aliphatic heterocycles. The molecule has 7 nitrogen and oxygen atoms in total. The SMILES string of the molecule is CCCCC1(c2ccccc2)NC(=O)N(CC(=O)Nc2ccc(C#N)c(Cl)c2)C1=O. The number of benzene rings is 2. The Hall–Kier alpha value is -3.37. The molecule has 30 heavy (non-hydrogen) atoms. The van der Waals surface area contributed by atoms with E-state index in [-0.39, 0.29) is 10.6 Å². The number of carbonyl (C=O) groups excluding carboxylic acids is 3. The lowest BCUT2D eigenvalue weighted by molar-refractivity contribution is -0.134. The van der Waals surface area contributed by atoms with Gasteiger partial charge in [0.05, 0.1) is 10.6 Å². The number of nitrogens with one attached hydrogen (secondary N) is 2. The zero-order chi connectivity index (χ0) is 21.7. The van der Waals surface area contributed by atoms with Crippen molar-refractivity contribution in [3.8, 4) is 6.07 Å². The first kappa shape index (κ1) is 21.3. The number of urea groups is 1. The van der Waals surface area contributed by atoms with Gasteiger partial charge in [0.2, 0.25) is 5.91 Å². The second-order valence-corrected chi connectivity index (χ2v) is 7.46. The van der Waals surface area contributed by atoms with E-state index >= 15 is 0 Å². The number of rotatable bonds is 7. The highest BCUT2D eigenvalue weighted by Crippen LogP contribution is 2.34. The van der Waals surface area contributed by atoms with Crippen molar-refractivity contribution in [2.24, 2.45) is 0 Å². The van der Waals surface area contributed by atoms with E-state index < -0.39 is 29.9 Å². The number of nitrogens with zero attached hydrogens (tertiary/aromatic N) is 2. The molecule has 1 fully saturated rings. The molecule has 4 amide bonds. The zero-order valence-electron chi connectivity index (χ0n) is 16.4. The smallest absolute Gasteiger partial charge is 0.324 e. The topological polar surface area (TPSA) is 102 Å². The molecule has 2 aromatic carbocycles. The summed E-state index contributed by atoms with van der Waals surface area (Å²) in [5.74, 6) is -0.987. The van der Waals surface area contributed by atoms with Crippen LogP contribution < -0.4 is 10.6 Å². The molecule has 1 saturated heterocycles. The Balaban J connectivity index is 1.79. The van der Waals surface area contributed by atoms with Crippen LogP contribution in [0.3, 0.4) is 0 Å². The van der Waals surface area contributed by atoms with Gasteiger partial charge in [-0.3, -0.25) is 14.5 Å². The van der Waals surface area contributed by atoms with E-state index in [1.54, 1.807) is 12.1 Å². The van der Waals surface area contributed by atoms with E-state index in [1.807, 2.05) is 31.2 Å². The molecular weight excluding hydrogens is 404 g/mol. The molecule has 0 saturated carbocycles. The highest BCUT2D eigenvalue weighted by atomic mass is 35.5. The monoisotopic (exact) mass is 424 g/mol. The molecule has 1 unspecified atom stereocenters. The van der Waals surface area contributed by atoms with Crippen LogP contribution >= 0.6 is 11.6 Å². The number of carbonyl (C=O) groups is 3. The van der Waals surface area contributed by atoms with Gasteiger partial charge in [-0.25, -0.2) is 4.79 Å². The van der Waals surface area contributed by atoms with Crippen LogP contribution in [0.2, 0.25) is 5.02 Å². The van der Waals surface area contributed by atoms with E-state index in [0.717, 1.165) is 17.7 Å².